The van der Waals surface area contributed by atoms with Crippen molar-refractivity contribution in [1.29, 1.82) is 0 Å². The highest BCUT2D eigenvalue weighted by molar-refractivity contribution is 7.89. The number of nitrogens with zero attached hydrogens (tertiary/aromatic N) is 1. The maximum Gasteiger partial charge on any atom is 0.215 e. The van der Waals surface area contributed by atoms with Gasteiger partial charge >= 0.3 is 0 Å². The second-order valence-corrected chi connectivity index (χ2v) is 6.16. The van der Waals surface area contributed by atoms with E-state index < -0.39 is 10.0 Å². The Morgan fingerprint density at radius 2 is 2.19 bits per heavy atom. The van der Waals surface area contributed by atoms with Crippen LogP contribution in [-0.2, 0) is 14.8 Å². The molecule has 0 amide bonds. The van der Waals surface area contributed by atoms with Crippen molar-refractivity contribution in [3.8, 4) is 0 Å². The summed E-state index contributed by atoms with van der Waals surface area (Å²) in [5, 5.41) is 3.10. The zero-order valence-corrected chi connectivity index (χ0v) is 10.9. The van der Waals surface area contributed by atoms with Crippen LogP contribution in [0.3, 0.4) is 0 Å². The van der Waals surface area contributed by atoms with Crippen LogP contribution < -0.4 is 5.32 Å². The van der Waals surface area contributed by atoms with Gasteiger partial charge < -0.3 is 10.1 Å². The maximum absolute atomic E-state index is 11.9. The van der Waals surface area contributed by atoms with Crippen LogP contribution in [0.5, 0.6) is 0 Å². The lowest BCUT2D eigenvalue weighted by Gasteiger charge is -2.16. The molecule has 1 rings (SSSR count). The minimum absolute atomic E-state index is 0.0679. The molecule has 1 fully saturated rings. The molecule has 1 N–H and O–H groups in total. The molecule has 0 spiro atoms. The summed E-state index contributed by atoms with van der Waals surface area (Å²) in [5.41, 5.74) is 0. The fourth-order valence-electron chi connectivity index (χ4n) is 1.77. The average molecular weight is 250 g/mol. The van der Waals surface area contributed by atoms with Crippen LogP contribution in [0.4, 0.5) is 0 Å². The Labute approximate surface area is 98.2 Å². The smallest absolute Gasteiger partial charge is 0.215 e. The molecule has 0 radical (unpaired) electrons. The molecular weight excluding hydrogens is 228 g/mol. The summed E-state index contributed by atoms with van der Waals surface area (Å²) in [5.74, 6) is 0.184. The maximum atomic E-state index is 11.9. The van der Waals surface area contributed by atoms with Crippen LogP contribution in [0.15, 0.2) is 0 Å². The lowest BCUT2D eigenvalue weighted by Crippen LogP contribution is -2.35. The van der Waals surface area contributed by atoms with Gasteiger partial charge in [-0.3, -0.25) is 0 Å². The van der Waals surface area contributed by atoms with Gasteiger partial charge in [-0.1, -0.05) is 6.92 Å². The van der Waals surface area contributed by atoms with Gasteiger partial charge in [0.1, 0.15) is 0 Å². The van der Waals surface area contributed by atoms with Crippen LogP contribution in [-0.4, -0.2) is 57.9 Å². The average Bonchev–Trinajstić information content (AvgIpc) is 2.73. The van der Waals surface area contributed by atoms with Gasteiger partial charge in [0, 0.05) is 26.7 Å². The number of ether oxygens (including phenoxy) is 1. The topological polar surface area (TPSA) is 58.6 Å². The molecular formula is C10H22N2O3S. The van der Waals surface area contributed by atoms with E-state index in [0.717, 1.165) is 19.4 Å². The molecule has 1 saturated heterocycles. The van der Waals surface area contributed by atoms with Crippen molar-refractivity contribution in [3.63, 3.8) is 0 Å². The van der Waals surface area contributed by atoms with Crippen LogP contribution in [0.1, 0.15) is 19.8 Å². The van der Waals surface area contributed by atoms with Gasteiger partial charge in [0.15, 0.2) is 0 Å². The minimum atomic E-state index is -3.09. The molecule has 16 heavy (non-hydrogen) atoms. The van der Waals surface area contributed by atoms with Crippen LogP contribution >= 0.6 is 0 Å². The first-order valence-corrected chi connectivity index (χ1v) is 7.42. The molecule has 0 bridgehead atoms. The lowest BCUT2D eigenvalue weighted by atomic mass is 10.3. The second kappa shape index (κ2) is 6.54. The van der Waals surface area contributed by atoms with Crippen molar-refractivity contribution in [2.75, 3.05) is 39.0 Å². The summed E-state index contributed by atoms with van der Waals surface area (Å²) < 4.78 is 30.5. The van der Waals surface area contributed by atoms with Crippen LogP contribution in [0.25, 0.3) is 0 Å². The zero-order chi connectivity index (χ0) is 12.0. The van der Waals surface area contributed by atoms with Crippen LogP contribution in [0, 0.1) is 0 Å². The predicted octanol–water partition coefficient (Wildman–Crippen LogP) is 0.0365. The second-order valence-electron chi connectivity index (χ2n) is 4.07. The highest BCUT2D eigenvalue weighted by Crippen LogP contribution is 2.15. The summed E-state index contributed by atoms with van der Waals surface area (Å²) >= 11 is 0. The van der Waals surface area contributed by atoms with Gasteiger partial charge in [-0.25, -0.2) is 8.42 Å². The Kier molecular flexibility index (Phi) is 5.68. The summed E-state index contributed by atoms with van der Waals surface area (Å²) in [6.45, 7) is 4.56. The Morgan fingerprint density at radius 3 is 2.75 bits per heavy atom. The fraction of sp³-hybridized carbons (Fsp3) is 1.00. The molecule has 0 aromatic carbocycles. The van der Waals surface area contributed by atoms with Gasteiger partial charge in [0.25, 0.3) is 0 Å². The molecule has 1 aliphatic rings. The minimum Gasteiger partial charge on any atom is -0.380 e. The molecule has 1 aliphatic heterocycles. The Balaban J connectivity index is 2.34. The van der Waals surface area contributed by atoms with Crippen molar-refractivity contribution < 1.29 is 13.2 Å². The third-order valence-corrected chi connectivity index (χ3v) is 4.64. The summed E-state index contributed by atoms with van der Waals surface area (Å²) in [6.07, 6.45) is 1.89. The Hall–Kier alpha value is -0.170. The van der Waals surface area contributed by atoms with Crippen LogP contribution in [0.2, 0.25) is 0 Å². The molecule has 0 aromatic rings. The molecule has 0 saturated carbocycles. The molecule has 96 valence electrons. The van der Waals surface area contributed by atoms with E-state index in [4.69, 9.17) is 4.74 Å². The van der Waals surface area contributed by atoms with Crippen molar-refractivity contribution in [3.05, 3.63) is 0 Å². The van der Waals surface area contributed by atoms with E-state index in [1.807, 2.05) is 0 Å². The molecule has 1 atom stereocenters. The number of rotatable bonds is 7. The first-order chi connectivity index (χ1) is 7.60. The van der Waals surface area contributed by atoms with E-state index in [1.54, 1.807) is 7.11 Å². The lowest BCUT2D eigenvalue weighted by molar-refractivity contribution is 0.115. The number of nitrogens with one attached hydrogen (secondary N) is 1. The Bertz CT molecular complexity index is 292. The quantitative estimate of drug-likeness (QED) is 0.648. The van der Waals surface area contributed by atoms with Crippen molar-refractivity contribution in [2.45, 2.75) is 25.9 Å². The third-order valence-electron chi connectivity index (χ3n) is 2.80. The SMILES string of the molecule is CCCNCCS(=O)(=O)N1CCC(OC)C1. The fourth-order valence-corrected chi connectivity index (χ4v) is 3.21. The van der Waals surface area contributed by atoms with Crippen molar-refractivity contribution in [2.24, 2.45) is 0 Å². The number of sulfonamides is 1. The van der Waals surface area contributed by atoms with Crippen molar-refractivity contribution >= 4 is 10.0 Å². The standard InChI is InChI=1S/C10H22N2O3S/c1-3-5-11-6-8-16(13,14)12-7-4-10(9-12)15-2/h10-11H,3-9H2,1-2H3. The normalized spacial score (nSPS) is 22.8. The zero-order valence-electron chi connectivity index (χ0n) is 10.1. The summed E-state index contributed by atoms with van der Waals surface area (Å²) in [6, 6.07) is 0. The van der Waals surface area contributed by atoms with Gasteiger partial charge in [-0.2, -0.15) is 4.31 Å². The predicted molar refractivity (Wildman–Crippen MR) is 63.9 cm³/mol. The van der Waals surface area contributed by atoms with E-state index in [1.165, 1.54) is 4.31 Å². The summed E-state index contributed by atoms with van der Waals surface area (Å²) in [7, 11) is -1.46. The van der Waals surface area contributed by atoms with Gasteiger partial charge in [-0.15, -0.1) is 0 Å². The van der Waals surface area contributed by atoms with Crippen molar-refractivity contribution in [1.82, 2.24) is 9.62 Å². The highest BCUT2D eigenvalue weighted by Gasteiger charge is 2.30. The first-order valence-electron chi connectivity index (χ1n) is 5.81. The molecule has 6 heteroatoms. The highest BCUT2D eigenvalue weighted by atomic mass is 32.2. The van der Waals surface area contributed by atoms with Gasteiger partial charge in [-0.05, 0) is 19.4 Å². The van der Waals surface area contributed by atoms with Gasteiger partial charge in [0.2, 0.25) is 10.0 Å². The van der Waals surface area contributed by atoms with Gasteiger partial charge in [0.05, 0.1) is 11.9 Å². The largest absolute Gasteiger partial charge is 0.380 e. The van der Waals surface area contributed by atoms with E-state index >= 15 is 0 Å². The molecule has 1 unspecified atom stereocenters. The molecule has 5 nitrogen and oxygen atoms in total. The van der Waals surface area contributed by atoms with E-state index in [2.05, 4.69) is 12.2 Å². The van der Waals surface area contributed by atoms with E-state index in [0.29, 0.717) is 19.6 Å². The first kappa shape index (κ1) is 13.9. The molecule has 0 aromatic heterocycles. The molecule has 1 heterocycles. The monoisotopic (exact) mass is 250 g/mol. The summed E-state index contributed by atoms with van der Waals surface area (Å²) in [4.78, 5) is 0. The number of hydrogen-bond donors (Lipinski definition) is 1. The Morgan fingerprint density at radius 1 is 1.44 bits per heavy atom. The van der Waals surface area contributed by atoms with E-state index in [9.17, 15) is 8.42 Å². The van der Waals surface area contributed by atoms with E-state index in [-0.39, 0.29) is 11.9 Å². The number of hydrogen-bond acceptors (Lipinski definition) is 4. The molecule has 0 aliphatic carbocycles. The third kappa shape index (κ3) is 4.01. The number of methoxy groups -OCH3 is 1.